The largest absolute Gasteiger partial charge is 0.350 e. The van der Waals surface area contributed by atoms with Gasteiger partial charge in [-0.3, -0.25) is 14.2 Å². The number of hydrogen-bond donors (Lipinski definition) is 1. The third-order valence-corrected chi connectivity index (χ3v) is 5.29. The smallest absolute Gasteiger partial charge is 0.221 e. The Labute approximate surface area is 139 Å². The predicted molar refractivity (Wildman–Crippen MR) is 87.9 cm³/mol. The molecule has 2 aromatic heterocycles. The van der Waals surface area contributed by atoms with Crippen LogP contribution in [0.5, 0.6) is 0 Å². The van der Waals surface area contributed by atoms with Gasteiger partial charge in [-0.1, -0.05) is 18.2 Å². The molecule has 0 aliphatic rings. The summed E-state index contributed by atoms with van der Waals surface area (Å²) in [5.74, 6) is -0.543. The number of hydrogen-bond acceptors (Lipinski definition) is 5. The third-order valence-electron chi connectivity index (χ3n) is 3.56. The van der Waals surface area contributed by atoms with Crippen LogP contribution in [-0.4, -0.2) is 34.4 Å². The average Bonchev–Trinajstić information content (AvgIpc) is 3.02. The van der Waals surface area contributed by atoms with Gasteiger partial charge in [0.1, 0.15) is 0 Å². The SMILES string of the molecule is O=C(CCS(=O)(=O)c1ccccc1)NCc1cnc2cnccn12. The lowest BCUT2D eigenvalue weighted by atomic mass is 10.4. The number of amides is 1. The summed E-state index contributed by atoms with van der Waals surface area (Å²) in [7, 11) is -3.45. The van der Waals surface area contributed by atoms with Crippen molar-refractivity contribution in [1.82, 2.24) is 19.7 Å². The molecular weight excluding hydrogens is 328 g/mol. The van der Waals surface area contributed by atoms with E-state index >= 15 is 0 Å². The Hall–Kier alpha value is -2.74. The summed E-state index contributed by atoms with van der Waals surface area (Å²) in [5.41, 5.74) is 1.49. The second-order valence-corrected chi connectivity index (χ2v) is 7.32. The van der Waals surface area contributed by atoms with Gasteiger partial charge in [-0.05, 0) is 12.1 Å². The van der Waals surface area contributed by atoms with Crippen LogP contribution in [0.1, 0.15) is 12.1 Å². The van der Waals surface area contributed by atoms with Crippen LogP contribution in [0, 0.1) is 0 Å². The van der Waals surface area contributed by atoms with E-state index in [1.165, 1.54) is 12.1 Å². The van der Waals surface area contributed by atoms with Gasteiger partial charge in [-0.2, -0.15) is 0 Å². The van der Waals surface area contributed by atoms with Crippen molar-refractivity contribution in [3.05, 3.63) is 60.8 Å². The Kier molecular flexibility index (Phi) is 4.57. The first-order chi connectivity index (χ1) is 11.6. The maximum atomic E-state index is 12.1. The van der Waals surface area contributed by atoms with Gasteiger partial charge >= 0.3 is 0 Å². The van der Waals surface area contributed by atoms with E-state index in [2.05, 4.69) is 15.3 Å². The first-order valence-electron chi connectivity index (χ1n) is 7.37. The van der Waals surface area contributed by atoms with Crippen LogP contribution in [0.4, 0.5) is 0 Å². The van der Waals surface area contributed by atoms with Crippen molar-refractivity contribution in [2.45, 2.75) is 17.9 Å². The number of aromatic nitrogens is 3. The molecule has 0 bridgehead atoms. The van der Waals surface area contributed by atoms with Crippen molar-refractivity contribution < 1.29 is 13.2 Å². The maximum absolute atomic E-state index is 12.1. The van der Waals surface area contributed by atoms with E-state index < -0.39 is 9.84 Å². The van der Waals surface area contributed by atoms with Gasteiger partial charge in [0.2, 0.25) is 5.91 Å². The molecule has 0 atom stereocenters. The van der Waals surface area contributed by atoms with Gasteiger partial charge in [0.25, 0.3) is 0 Å². The topological polar surface area (TPSA) is 93.4 Å². The fourth-order valence-electron chi connectivity index (χ4n) is 2.28. The molecular formula is C16H16N4O3S. The van der Waals surface area contributed by atoms with E-state index in [4.69, 9.17) is 0 Å². The summed E-state index contributed by atoms with van der Waals surface area (Å²) in [5, 5.41) is 2.72. The molecule has 3 rings (SSSR count). The lowest BCUT2D eigenvalue weighted by molar-refractivity contribution is -0.120. The Bertz CT molecular complexity index is 952. The van der Waals surface area contributed by atoms with Crippen LogP contribution < -0.4 is 5.32 Å². The maximum Gasteiger partial charge on any atom is 0.221 e. The average molecular weight is 344 g/mol. The van der Waals surface area contributed by atoms with Crippen LogP contribution in [0.15, 0.2) is 60.0 Å². The Morgan fingerprint density at radius 2 is 1.96 bits per heavy atom. The monoisotopic (exact) mass is 344 g/mol. The van der Waals surface area contributed by atoms with Crippen molar-refractivity contribution >= 4 is 21.4 Å². The molecule has 0 aliphatic heterocycles. The highest BCUT2D eigenvalue weighted by atomic mass is 32.2. The van der Waals surface area contributed by atoms with Crippen LogP contribution in [0.2, 0.25) is 0 Å². The number of benzene rings is 1. The highest BCUT2D eigenvalue weighted by molar-refractivity contribution is 7.91. The zero-order chi connectivity index (χ0) is 17.0. The minimum atomic E-state index is -3.45. The lowest BCUT2D eigenvalue weighted by Gasteiger charge is -2.06. The van der Waals surface area contributed by atoms with Gasteiger partial charge in [0.05, 0.1) is 35.3 Å². The highest BCUT2D eigenvalue weighted by Gasteiger charge is 2.16. The molecule has 0 unspecified atom stereocenters. The number of nitrogens with one attached hydrogen (secondary N) is 1. The van der Waals surface area contributed by atoms with Crippen molar-refractivity contribution in [2.24, 2.45) is 0 Å². The molecule has 2 heterocycles. The molecule has 24 heavy (non-hydrogen) atoms. The molecule has 0 radical (unpaired) electrons. The zero-order valence-electron chi connectivity index (χ0n) is 12.8. The summed E-state index contributed by atoms with van der Waals surface area (Å²) in [6, 6.07) is 8.12. The predicted octanol–water partition coefficient (Wildman–Crippen LogP) is 1.21. The number of carbonyl (C=O) groups is 1. The van der Waals surface area contributed by atoms with E-state index in [1.807, 2.05) is 4.40 Å². The van der Waals surface area contributed by atoms with Gasteiger partial charge in [0.15, 0.2) is 15.5 Å². The standard InChI is InChI=1S/C16H16N4O3S/c21-16(6-9-24(22,23)14-4-2-1-3-5-14)19-11-13-10-18-15-12-17-7-8-20(13)15/h1-5,7-8,10,12H,6,9,11H2,(H,19,21). The van der Waals surface area contributed by atoms with E-state index in [1.54, 1.807) is 43.0 Å². The summed E-state index contributed by atoms with van der Waals surface area (Å²) in [6.07, 6.45) is 6.57. The van der Waals surface area contributed by atoms with Gasteiger partial charge in [-0.25, -0.2) is 13.4 Å². The minimum Gasteiger partial charge on any atom is -0.350 e. The van der Waals surface area contributed by atoms with Crippen molar-refractivity contribution in [3.8, 4) is 0 Å². The number of carbonyl (C=O) groups excluding carboxylic acids is 1. The number of fused-ring (bicyclic) bond motifs is 1. The zero-order valence-corrected chi connectivity index (χ0v) is 13.6. The second kappa shape index (κ2) is 6.79. The van der Waals surface area contributed by atoms with Crippen molar-refractivity contribution in [2.75, 3.05) is 5.75 Å². The molecule has 1 aromatic carbocycles. The second-order valence-electron chi connectivity index (χ2n) is 5.21. The van der Waals surface area contributed by atoms with Crippen LogP contribution >= 0.6 is 0 Å². The molecule has 0 spiro atoms. The number of rotatable bonds is 6. The Morgan fingerprint density at radius 3 is 2.75 bits per heavy atom. The van der Waals surface area contributed by atoms with Crippen LogP contribution in [0.3, 0.4) is 0 Å². The van der Waals surface area contributed by atoms with Gasteiger partial charge in [0, 0.05) is 18.8 Å². The van der Waals surface area contributed by atoms with Crippen LogP contribution in [0.25, 0.3) is 5.65 Å². The molecule has 0 saturated carbocycles. The van der Waals surface area contributed by atoms with E-state index in [9.17, 15) is 13.2 Å². The molecule has 0 saturated heterocycles. The number of imidazole rings is 1. The van der Waals surface area contributed by atoms with E-state index in [0.717, 1.165) is 5.69 Å². The van der Waals surface area contributed by atoms with Crippen molar-refractivity contribution in [1.29, 1.82) is 0 Å². The molecule has 3 aromatic rings. The number of nitrogens with zero attached hydrogens (tertiary/aromatic N) is 3. The van der Waals surface area contributed by atoms with Gasteiger partial charge in [-0.15, -0.1) is 0 Å². The normalized spacial score (nSPS) is 11.5. The fraction of sp³-hybridized carbons (Fsp3) is 0.188. The molecule has 8 heteroatoms. The van der Waals surface area contributed by atoms with E-state index in [0.29, 0.717) is 5.65 Å². The van der Waals surface area contributed by atoms with Crippen LogP contribution in [-0.2, 0) is 21.2 Å². The van der Waals surface area contributed by atoms with E-state index in [-0.39, 0.29) is 29.5 Å². The minimum absolute atomic E-state index is 0.0878. The molecule has 1 amide bonds. The molecule has 1 N–H and O–H groups in total. The molecule has 7 nitrogen and oxygen atoms in total. The highest BCUT2D eigenvalue weighted by Crippen LogP contribution is 2.11. The Morgan fingerprint density at radius 1 is 1.17 bits per heavy atom. The summed E-state index contributed by atoms with van der Waals surface area (Å²) < 4.78 is 26.1. The summed E-state index contributed by atoms with van der Waals surface area (Å²) in [6.45, 7) is 0.273. The number of sulfone groups is 1. The first kappa shape index (κ1) is 16.1. The quantitative estimate of drug-likeness (QED) is 0.725. The molecule has 124 valence electrons. The summed E-state index contributed by atoms with van der Waals surface area (Å²) >= 11 is 0. The van der Waals surface area contributed by atoms with Gasteiger partial charge < -0.3 is 5.32 Å². The first-order valence-corrected chi connectivity index (χ1v) is 9.02. The lowest BCUT2D eigenvalue weighted by Crippen LogP contribution is -2.25. The fourth-order valence-corrected chi connectivity index (χ4v) is 3.54. The summed E-state index contributed by atoms with van der Waals surface area (Å²) in [4.78, 5) is 20.3. The third kappa shape index (κ3) is 3.60. The molecule has 0 fully saturated rings. The Balaban J connectivity index is 1.57. The van der Waals surface area contributed by atoms with Crippen molar-refractivity contribution in [3.63, 3.8) is 0 Å². The molecule has 0 aliphatic carbocycles.